The maximum Gasteiger partial charge on any atom is 0.338 e. The van der Waals surface area contributed by atoms with Gasteiger partial charge in [0.25, 0.3) is 5.91 Å². The zero-order valence-electron chi connectivity index (χ0n) is 17.3. The van der Waals surface area contributed by atoms with Crippen molar-refractivity contribution in [2.45, 2.75) is 32.1 Å². The fraction of sp³-hybridized carbons (Fsp3) is 0.333. The van der Waals surface area contributed by atoms with Crippen LogP contribution in [0.15, 0.2) is 41.3 Å². The van der Waals surface area contributed by atoms with E-state index < -0.39 is 28.5 Å². The first-order chi connectivity index (χ1) is 13.6. The van der Waals surface area contributed by atoms with Gasteiger partial charge in [-0.05, 0) is 49.1 Å². The third kappa shape index (κ3) is 5.21. The Hall–Kier alpha value is -2.71. The van der Waals surface area contributed by atoms with Gasteiger partial charge in [-0.2, -0.15) is 0 Å². The molecule has 2 aromatic rings. The molecule has 0 aliphatic rings. The zero-order chi connectivity index (χ0) is 21.8. The lowest BCUT2D eigenvalue weighted by molar-refractivity contribution is -0.119. The van der Waals surface area contributed by atoms with E-state index in [1.807, 2.05) is 32.0 Å². The molecule has 2 rings (SSSR count). The molecule has 1 N–H and O–H groups in total. The molecule has 0 bridgehead atoms. The van der Waals surface area contributed by atoms with Gasteiger partial charge in [-0.15, -0.1) is 0 Å². The zero-order valence-corrected chi connectivity index (χ0v) is 18.1. The minimum absolute atomic E-state index is 0.0167. The van der Waals surface area contributed by atoms with Crippen molar-refractivity contribution in [3.63, 3.8) is 0 Å². The molecule has 156 valence electrons. The van der Waals surface area contributed by atoms with Crippen LogP contribution in [0.3, 0.4) is 0 Å². The summed E-state index contributed by atoms with van der Waals surface area (Å²) in [6.45, 7) is 5.08. The molecule has 0 spiro atoms. The first-order valence-corrected chi connectivity index (χ1v) is 10.6. The number of sulfonamides is 1. The molecule has 0 atom stereocenters. The molecule has 2 aromatic carbocycles. The number of rotatable bonds is 7. The standard InChI is InChI=1S/C21H26N2O5S/c1-6-16-9-7-8-15(3)20(16)22-19(24)13-28-21(25)18-12-17(11-10-14(18)2)29(26,27)23(4)5/h7-12H,6,13H2,1-5H3,(H,22,24). The number of hydrogen-bond acceptors (Lipinski definition) is 5. The van der Waals surface area contributed by atoms with Crippen molar-refractivity contribution >= 4 is 27.6 Å². The Balaban J connectivity index is 2.13. The van der Waals surface area contributed by atoms with Crippen LogP contribution in [0, 0.1) is 13.8 Å². The summed E-state index contributed by atoms with van der Waals surface area (Å²) < 4.78 is 30.8. The second kappa shape index (κ2) is 9.19. The van der Waals surface area contributed by atoms with Gasteiger partial charge in [-0.25, -0.2) is 17.5 Å². The van der Waals surface area contributed by atoms with Gasteiger partial charge in [-0.3, -0.25) is 4.79 Å². The van der Waals surface area contributed by atoms with Crippen molar-refractivity contribution in [1.29, 1.82) is 0 Å². The van der Waals surface area contributed by atoms with Gasteiger partial charge in [0.15, 0.2) is 6.61 Å². The summed E-state index contributed by atoms with van der Waals surface area (Å²) >= 11 is 0. The topological polar surface area (TPSA) is 92.8 Å². The van der Waals surface area contributed by atoms with E-state index >= 15 is 0 Å². The van der Waals surface area contributed by atoms with Gasteiger partial charge in [0.05, 0.1) is 10.5 Å². The number of ether oxygens (including phenoxy) is 1. The first-order valence-electron chi connectivity index (χ1n) is 9.16. The van der Waals surface area contributed by atoms with E-state index in [9.17, 15) is 18.0 Å². The summed E-state index contributed by atoms with van der Waals surface area (Å²) in [5, 5.41) is 2.78. The Labute approximate surface area is 171 Å². The van der Waals surface area contributed by atoms with Gasteiger partial charge in [-0.1, -0.05) is 31.2 Å². The SMILES string of the molecule is CCc1cccc(C)c1NC(=O)COC(=O)c1cc(S(=O)(=O)N(C)C)ccc1C. The normalized spacial score (nSPS) is 11.4. The maximum atomic E-state index is 12.5. The van der Waals surface area contributed by atoms with E-state index in [0.29, 0.717) is 11.3 Å². The quantitative estimate of drug-likeness (QED) is 0.698. The highest BCUT2D eigenvalue weighted by Crippen LogP contribution is 2.21. The second-order valence-corrected chi connectivity index (χ2v) is 9.00. The molecule has 29 heavy (non-hydrogen) atoms. The smallest absolute Gasteiger partial charge is 0.338 e. The average molecular weight is 419 g/mol. The van der Waals surface area contributed by atoms with E-state index in [1.165, 1.54) is 32.3 Å². The third-order valence-electron chi connectivity index (χ3n) is 4.55. The van der Waals surface area contributed by atoms with Crippen LogP contribution in [0.25, 0.3) is 0 Å². The van der Waals surface area contributed by atoms with Crippen LogP contribution < -0.4 is 5.32 Å². The van der Waals surface area contributed by atoms with E-state index in [2.05, 4.69) is 5.32 Å². The van der Waals surface area contributed by atoms with Crippen LogP contribution in [-0.2, 0) is 26.0 Å². The number of aryl methyl sites for hydroxylation is 3. The molecule has 0 heterocycles. The predicted octanol–water partition coefficient (Wildman–Crippen LogP) is 2.91. The monoisotopic (exact) mass is 418 g/mol. The molecule has 0 aliphatic heterocycles. The fourth-order valence-corrected chi connectivity index (χ4v) is 3.71. The summed E-state index contributed by atoms with van der Waals surface area (Å²) in [7, 11) is -0.867. The minimum atomic E-state index is -3.69. The minimum Gasteiger partial charge on any atom is -0.452 e. The molecule has 1 amide bonds. The molecule has 7 nitrogen and oxygen atoms in total. The Morgan fingerprint density at radius 3 is 2.38 bits per heavy atom. The lowest BCUT2D eigenvalue weighted by atomic mass is 10.1. The van der Waals surface area contributed by atoms with Gasteiger partial charge in [0.2, 0.25) is 10.0 Å². The van der Waals surface area contributed by atoms with Crippen LogP contribution in [-0.4, -0.2) is 45.3 Å². The van der Waals surface area contributed by atoms with Crippen LogP contribution in [0.1, 0.15) is 34.0 Å². The number of nitrogens with one attached hydrogen (secondary N) is 1. The van der Waals surface area contributed by atoms with Crippen LogP contribution >= 0.6 is 0 Å². The van der Waals surface area contributed by atoms with Crippen molar-refractivity contribution in [3.8, 4) is 0 Å². The van der Waals surface area contributed by atoms with Crippen molar-refractivity contribution in [1.82, 2.24) is 4.31 Å². The Bertz CT molecular complexity index is 1030. The Morgan fingerprint density at radius 1 is 1.07 bits per heavy atom. The molecular weight excluding hydrogens is 392 g/mol. The van der Waals surface area contributed by atoms with E-state index in [0.717, 1.165) is 21.9 Å². The summed E-state index contributed by atoms with van der Waals surface area (Å²) in [5.74, 6) is -1.22. The maximum absolute atomic E-state index is 12.5. The molecule has 0 aliphatic carbocycles. The average Bonchev–Trinajstić information content (AvgIpc) is 2.67. The van der Waals surface area contributed by atoms with Crippen molar-refractivity contribution < 1.29 is 22.7 Å². The Kier molecular flexibility index (Phi) is 7.16. The Morgan fingerprint density at radius 2 is 1.76 bits per heavy atom. The highest BCUT2D eigenvalue weighted by atomic mass is 32.2. The van der Waals surface area contributed by atoms with Gasteiger partial charge >= 0.3 is 5.97 Å². The molecule has 0 radical (unpaired) electrons. The van der Waals surface area contributed by atoms with E-state index in [1.54, 1.807) is 6.92 Å². The predicted molar refractivity (Wildman–Crippen MR) is 112 cm³/mol. The van der Waals surface area contributed by atoms with Crippen LogP contribution in [0.2, 0.25) is 0 Å². The molecule has 0 aromatic heterocycles. The molecule has 0 unspecified atom stereocenters. The molecule has 0 fully saturated rings. The number of anilines is 1. The highest BCUT2D eigenvalue weighted by Gasteiger charge is 2.21. The van der Waals surface area contributed by atoms with Crippen molar-refractivity contribution in [3.05, 3.63) is 58.7 Å². The number of nitrogens with zero attached hydrogens (tertiary/aromatic N) is 1. The summed E-state index contributed by atoms with van der Waals surface area (Å²) in [6, 6.07) is 9.96. The summed E-state index contributed by atoms with van der Waals surface area (Å²) in [6.07, 6.45) is 0.753. The largest absolute Gasteiger partial charge is 0.452 e. The van der Waals surface area contributed by atoms with Gasteiger partial charge in [0, 0.05) is 19.8 Å². The van der Waals surface area contributed by atoms with Crippen LogP contribution in [0.5, 0.6) is 0 Å². The molecule has 0 saturated carbocycles. The lowest BCUT2D eigenvalue weighted by Gasteiger charge is -2.14. The van der Waals surface area contributed by atoms with Crippen molar-refractivity contribution in [2.75, 3.05) is 26.0 Å². The summed E-state index contributed by atoms with van der Waals surface area (Å²) in [5.41, 5.74) is 3.28. The third-order valence-corrected chi connectivity index (χ3v) is 6.36. The van der Waals surface area contributed by atoms with Gasteiger partial charge < -0.3 is 10.1 Å². The molecular formula is C21H26N2O5S. The number of amides is 1. The van der Waals surface area contributed by atoms with E-state index in [4.69, 9.17) is 4.74 Å². The second-order valence-electron chi connectivity index (χ2n) is 6.85. The lowest BCUT2D eigenvalue weighted by Crippen LogP contribution is -2.24. The molecule has 8 heteroatoms. The number of esters is 1. The number of benzene rings is 2. The first kappa shape index (κ1) is 22.6. The number of carbonyl (C=O) groups excluding carboxylic acids is 2. The number of para-hydroxylation sites is 1. The van der Waals surface area contributed by atoms with E-state index in [-0.39, 0.29) is 10.5 Å². The highest BCUT2D eigenvalue weighted by molar-refractivity contribution is 7.89. The fourth-order valence-electron chi connectivity index (χ4n) is 2.78. The molecule has 0 saturated heterocycles. The van der Waals surface area contributed by atoms with Crippen LogP contribution in [0.4, 0.5) is 5.69 Å². The van der Waals surface area contributed by atoms with Crippen molar-refractivity contribution in [2.24, 2.45) is 0 Å². The summed E-state index contributed by atoms with van der Waals surface area (Å²) in [4.78, 5) is 24.7. The van der Waals surface area contributed by atoms with Gasteiger partial charge in [0.1, 0.15) is 0 Å². The number of hydrogen-bond donors (Lipinski definition) is 1. The number of carbonyl (C=O) groups is 2.